The number of ether oxygens (including phenoxy) is 3. The number of morpholine rings is 1. The highest BCUT2D eigenvalue weighted by atomic mass is 35.5. The molecule has 3 heterocycles. The Morgan fingerprint density at radius 1 is 1.14 bits per heavy atom. The summed E-state index contributed by atoms with van der Waals surface area (Å²) in [4.78, 5) is 54.1. The van der Waals surface area contributed by atoms with Gasteiger partial charge in [0.1, 0.15) is 17.8 Å². The van der Waals surface area contributed by atoms with Gasteiger partial charge in [-0.1, -0.05) is 23.2 Å². The Labute approximate surface area is 294 Å². The molecule has 3 amide bonds. The van der Waals surface area contributed by atoms with Gasteiger partial charge in [0, 0.05) is 58.1 Å². The molecular formula is C32H46Cl2N4O11. The van der Waals surface area contributed by atoms with Crippen LogP contribution < -0.4 is 10.6 Å². The van der Waals surface area contributed by atoms with Crippen molar-refractivity contribution in [1.29, 1.82) is 0 Å². The van der Waals surface area contributed by atoms with Gasteiger partial charge in [0.25, 0.3) is 5.91 Å². The molecule has 4 rings (SSSR count). The van der Waals surface area contributed by atoms with Crippen LogP contribution in [0, 0.1) is 0 Å². The number of hydrogen-bond acceptors (Lipinski definition) is 11. The molecule has 1 aromatic rings. The minimum absolute atomic E-state index is 0.138. The second-order valence-corrected chi connectivity index (χ2v) is 14.8. The lowest BCUT2D eigenvalue weighted by atomic mass is 9.81. The first-order valence-electron chi connectivity index (χ1n) is 16.1. The van der Waals surface area contributed by atoms with Crippen molar-refractivity contribution in [3.63, 3.8) is 0 Å². The third-order valence-corrected chi connectivity index (χ3v) is 9.87. The fourth-order valence-electron chi connectivity index (χ4n) is 6.59. The Bertz CT molecular complexity index is 1400. The fraction of sp³-hybridized carbons (Fsp3) is 0.688. The molecule has 0 unspecified atom stereocenters. The quantitative estimate of drug-likeness (QED) is 0.199. The molecule has 0 saturated carbocycles. The highest BCUT2D eigenvalue weighted by molar-refractivity contribution is 6.42. The topological polar surface area (TPSA) is 207 Å². The lowest BCUT2D eigenvalue weighted by Crippen LogP contribution is -2.68. The summed E-state index contributed by atoms with van der Waals surface area (Å²) in [6.45, 7) is 8.05. The summed E-state index contributed by atoms with van der Waals surface area (Å²) in [5.41, 5.74) is -3.18. The van der Waals surface area contributed by atoms with E-state index in [0.29, 0.717) is 39.3 Å². The van der Waals surface area contributed by atoms with E-state index >= 15 is 0 Å². The highest BCUT2D eigenvalue weighted by Crippen LogP contribution is 2.38. The van der Waals surface area contributed by atoms with E-state index in [1.165, 1.54) is 25.1 Å². The van der Waals surface area contributed by atoms with Crippen molar-refractivity contribution in [3.8, 4) is 0 Å². The third-order valence-electron chi connectivity index (χ3n) is 9.13. The summed E-state index contributed by atoms with van der Waals surface area (Å²) in [7, 11) is 0. The molecule has 3 aliphatic heterocycles. The number of carboxylic acid groups (broad SMARTS) is 1. The Balaban J connectivity index is 1.50. The number of hydrogen-bond donors (Lipinski definition) is 6. The predicted octanol–water partition coefficient (Wildman–Crippen LogP) is 1.02. The molecule has 15 nitrogen and oxygen atoms in total. The Hall–Kier alpha value is -2.76. The largest absolute Gasteiger partial charge is 0.479 e. The minimum atomic E-state index is -2.04. The van der Waals surface area contributed by atoms with Crippen molar-refractivity contribution in [2.24, 2.45) is 0 Å². The van der Waals surface area contributed by atoms with Gasteiger partial charge in [-0.15, -0.1) is 0 Å². The van der Waals surface area contributed by atoms with Crippen molar-refractivity contribution in [1.82, 2.24) is 20.4 Å². The molecule has 49 heavy (non-hydrogen) atoms. The minimum Gasteiger partial charge on any atom is -0.479 e. The Morgan fingerprint density at radius 3 is 2.49 bits per heavy atom. The number of nitrogens with one attached hydrogen (secondary N) is 2. The molecule has 3 aliphatic rings. The van der Waals surface area contributed by atoms with Crippen LogP contribution in [0.5, 0.6) is 0 Å². The molecule has 17 heteroatoms. The van der Waals surface area contributed by atoms with Gasteiger partial charge in [0.15, 0.2) is 5.60 Å². The zero-order valence-corrected chi connectivity index (χ0v) is 29.5. The SMILES string of the molecule is CC(=O)N[C@H]1[C@H]([C@H](O)[C@H](O)CNC(=O)c2ccc(Cl)c(Cl)c2)O[C@@](CCN2CCOC[C@@]23CCN(C(=O)OC(C)(C)C)C3)(C(=O)O)C[C@@H]1O. The molecule has 7 atom stereocenters. The van der Waals surface area contributed by atoms with Crippen LogP contribution in [0.2, 0.25) is 10.0 Å². The number of nitrogens with zero attached hydrogens (tertiary/aromatic N) is 2. The number of carbonyl (C=O) groups excluding carboxylic acids is 3. The number of benzene rings is 1. The van der Waals surface area contributed by atoms with Gasteiger partial charge < -0.3 is 50.2 Å². The zero-order valence-electron chi connectivity index (χ0n) is 28.0. The Kier molecular flexibility index (Phi) is 12.5. The van der Waals surface area contributed by atoms with Crippen molar-refractivity contribution < 1.29 is 53.8 Å². The fourth-order valence-corrected chi connectivity index (χ4v) is 6.89. The number of halogens is 2. The van der Waals surface area contributed by atoms with Crippen molar-refractivity contribution >= 4 is 47.1 Å². The molecule has 1 spiro atoms. The molecule has 0 bridgehead atoms. The van der Waals surface area contributed by atoms with E-state index in [0.717, 1.165) is 0 Å². The number of aliphatic carboxylic acids is 1. The van der Waals surface area contributed by atoms with E-state index in [1.54, 1.807) is 25.7 Å². The van der Waals surface area contributed by atoms with Gasteiger partial charge in [-0.3, -0.25) is 14.5 Å². The number of amides is 3. The van der Waals surface area contributed by atoms with Crippen LogP contribution in [0.3, 0.4) is 0 Å². The maximum absolute atomic E-state index is 12.9. The first kappa shape index (κ1) is 39.0. The van der Waals surface area contributed by atoms with Crippen molar-refractivity contribution in [3.05, 3.63) is 33.8 Å². The standard InChI is InChI=1S/C32H46Cl2N4O11/c1-18(39)36-24-22(40)14-32(28(44)45,48-26(24)25(42)23(41)15-35-27(43)19-5-6-20(33)21(34)13-19)8-10-38-11-12-47-17-31(38)7-9-37(16-31)29(46)49-30(2,3)4/h5-6,13,22-26,40-42H,7-12,14-17H2,1-4H3,(H,35,43)(H,36,39)(H,44,45)/t22-,23+,24+,25+,26+,31-,32+/m0/s1. The average molecular weight is 734 g/mol. The first-order valence-corrected chi connectivity index (χ1v) is 16.9. The van der Waals surface area contributed by atoms with Gasteiger partial charge in [0.2, 0.25) is 5.91 Å². The number of rotatable bonds is 10. The van der Waals surface area contributed by atoms with Crippen LogP contribution in [0.15, 0.2) is 18.2 Å². The average Bonchev–Trinajstić information content (AvgIpc) is 3.44. The van der Waals surface area contributed by atoms with E-state index in [2.05, 4.69) is 15.5 Å². The van der Waals surface area contributed by atoms with Crippen molar-refractivity contribution in [2.45, 2.75) is 94.2 Å². The summed E-state index contributed by atoms with van der Waals surface area (Å²) >= 11 is 11.9. The normalized spacial score (nSPS) is 28.9. The molecule has 6 N–H and O–H groups in total. The van der Waals surface area contributed by atoms with Crippen LogP contribution in [0.4, 0.5) is 4.79 Å². The van der Waals surface area contributed by atoms with Gasteiger partial charge in [-0.2, -0.15) is 0 Å². The highest BCUT2D eigenvalue weighted by Gasteiger charge is 2.55. The maximum atomic E-state index is 12.9. The second kappa shape index (κ2) is 15.6. The molecule has 1 aromatic carbocycles. The maximum Gasteiger partial charge on any atom is 0.410 e. The second-order valence-electron chi connectivity index (χ2n) is 13.9. The summed E-state index contributed by atoms with van der Waals surface area (Å²) in [6.07, 6.45) is -7.11. The molecule has 3 fully saturated rings. The van der Waals surface area contributed by atoms with Crippen LogP contribution in [-0.2, 0) is 23.8 Å². The van der Waals surface area contributed by atoms with Gasteiger partial charge >= 0.3 is 12.1 Å². The Morgan fingerprint density at radius 2 is 1.86 bits per heavy atom. The molecule has 0 aliphatic carbocycles. The predicted molar refractivity (Wildman–Crippen MR) is 176 cm³/mol. The summed E-state index contributed by atoms with van der Waals surface area (Å²) in [6, 6.07) is 2.89. The molecular weight excluding hydrogens is 687 g/mol. The number of carbonyl (C=O) groups is 4. The summed E-state index contributed by atoms with van der Waals surface area (Å²) in [5.74, 6) is -2.62. The van der Waals surface area contributed by atoms with Gasteiger partial charge in [-0.25, -0.2) is 9.59 Å². The summed E-state index contributed by atoms with van der Waals surface area (Å²) in [5, 5.41) is 49.3. The number of likely N-dealkylation sites (tertiary alicyclic amines) is 1. The molecule has 3 saturated heterocycles. The van der Waals surface area contributed by atoms with E-state index in [1.807, 2.05) is 0 Å². The number of aliphatic hydroxyl groups excluding tert-OH is 3. The van der Waals surface area contributed by atoms with E-state index < -0.39 is 84.0 Å². The zero-order chi connectivity index (χ0) is 36.3. The summed E-state index contributed by atoms with van der Waals surface area (Å²) < 4.78 is 17.5. The monoisotopic (exact) mass is 732 g/mol. The molecule has 274 valence electrons. The van der Waals surface area contributed by atoms with Gasteiger partial charge in [-0.05, 0) is 45.4 Å². The first-order chi connectivity index (χ1) is 22.9. The smallest absolute Gasteiger partial charge is 0.410 e. The van der Waals surface area contributed by atoms with Crippen LogP contribution >= 0.6 is 23.2 Å². The van der Waals surface area contributed by atoms with Crippen LogP contribution in [-0.4, -0.2) is 147 Å². The number of carboxylic acids is 1. The van der Waals surface area contributed by atoms with E-state index in [-0.39, 0.29) is 28.6 Å². The van der Waals surface area contributed by atoms with Gasteiger partial charge in [0.05, 0.1) is 47.0 Å². The van der Waals surface area contributed by atoms with Crippen LogP contribution in [0.1, 0.15) is 57.3 Å². The van der Waals surface area contributed by atoms with Crippen LogP contribution in [0.25, 0.3) is 0 Å². The van der Waals surface area contributed by atoms with E-state index in [4.69, 9.17) is 37.4 Å². The number of aliphatic hydroxyl groups is 3. The lowest BCUT2D eigenvalue weighted by molar-refractivity contribution is -0.231. The molecule has 0 aromatic heterocycles. The van der Waals surface area contributed by atoms with Crippen molar-refractivity contribution in [2.75, 3.05) is 45.9 Å². The molecule has 0 radical (unpaired) electrons. The third kappa shape index (κ3) is 9.33. The van der Waals surface area contributed by atoms with E-state index in [9.17, 15) is 39.6 Å². The lowest BCUT2D eigenvalue weighted by Gasteiger charge is -2.49.